The van der Waals surface area contributed by atoms with E-state index in [2.05, 4.69) is 23.5 Å². The third kappa shape index (κ3) is 5.26. The molecule has 0 spiro atoms. The van der Waals surface area contributed by atoms with Gasteiger partial charge in [-0.3, -0.25) is 9.69 Å². The molecule has 8 heteroatoms. The zero-order valence-corrected chi connectivity index (χ0v) is 21.4. The van der Waals surface area contributed by atoms with Gasteiger partial charge in [-0.15, -0.1) is 0 Å². The van der Waals surface area contributed by atoms with Crippen LogP contribution in [0.1, 0.15) is 36.1 Å². The molecule has 2 amide bonds. The number of hydrogen-bond acceptors (Lipinski definition) is 6. The first-order chi connectivity index (χ1) is 18.3. The van der Waals surface area contributed by atoms with Crippen LogP contribution in [0, 0.1) is 0 Å². The topological polar surface area (TPSA) is 94.2 Å². The van der Waals surface area contributed by atoms with E-state index in [1.54, 1.807) is 13.8 Å². The molecular formula is C30H30N2O6. The largest absolute Gasteiger partial charge is 0.459 e. The maximum absolute atomic E-state index is 13.1. The van der Waals surface area contributed by atoms with Crippen molar-refractivity contribution in [2.75, 3.05) is 13.2 Å². The molecule has 1 N–H and O–H groups in total. The molecule has 0 bridgehead atoms. The van der Waals surface area contributed by atoms with Crippen molar-refractivity contribution in [2.24, 2.45) is 0 Å². The molecule has 1 heterocycles. The highest BCUT2D eigenvalue weighted by Crippen LogP contribution is 2.38. The Hall–Kier alpha value is -4.17. The van der Waals surface area contributed by atoms with Gasteiger partial charge in [-0.25, -0.2) is 9.59 Å². The van der Waals surface area contributed by atoms with Crippen LogP contribution in [-0.4, -0.2) is 47.8 Å². The lowest BCUT2D eigenvalue weighted by Gasteiger charge is -2.32. The van der Waals surface area contributed by atoms with Gasteiger partial charge in [0.2, 0.25) is 5.91 Å². The highest BCUT2D eigenvalue weighted by Gasteiger charge is 2.47. The molecule has 196 valence electrons. The zero-order chi connectivity index (χ0) is 26.7. The molecule has 0 aromatic heterocycles. The summed E-state index contributed by atoms with van der Waals surface area (Å²) in [5.74, 6) is -1.03. The lowest BCUT2D eigenvalue weighted by Crippen LogP contribution is -2.54. The second-order valence-electron chi connectivity index (χ2n) is 9.84. The molecule has 8 nitrogen and oxygen atoms in total. The quantitative estimate of drug-likeness (QED) is 0.372. The third-order valence-electron chi connectivity index (χ3n) is 6.94. The molecule has 2 aliphatic rings. The van der Waals surface area contributed by atoms with Gasteiger partial charge in [0.15, 0.2) is 6.04 Å². The number of carbonyl (C=O) groups is 3. The number of hydrogen-bond donors (Lipinski definition) is 1. The lowest BCUT2D eigenvalue weighted by atomic mass is 10.0. The molecule has 1 fully saturated rings. The van der Waals surface area contributed by atoms with Gasteiger partial charge >= 0.3 is 12.1 Å². The fraction of sp³-hybridized carbons (Fsp3) is 0.300. The van der Waals surface area contributed by atoms with Crippen molar-refractivity contribution in [3.05, 3.63) is 95.1 Å². The molecule has 1 saturated heterocycles. The Morgan fingerprint density at radius 1 is 0.921 bits per heavy atom. The van der Waals surface area contributed by atoms with E-state index in [9.17, 15) is 14.4 Å². The molecule has 1 aliphatic heterocycles. The molecule has 1 aliphatic carbocycles. The lowest BCUT2D eigenvalue weighted by molar-refractivity contribution is -0.159. The van der Waals surface area contributed by atoms with Gasteiger partial charge in [0, 0.05) is 0 Å². The van der Waals surface area contributed by atoms with Crippen LogP contribution < -0.4 is 5.32 Å². The third-order valence-corrected chi connectivity index (χ3v) is 6.94. The van der Waals surface area contributed by atoms with Crippen molar-refractivity contribution >= 4 is 18.0 Å². The van der Waals surface area contributed by atoms with E-state index in [-0.39, 0.29) is 26.4 Å². The zero-order valence-electron chi connectivity index (χ0n) is 21.4. The van der Waals surface area contributed by atoms with E-state index < -0.39 is 29.7 Å². The maximum Gasteiger partial charge on any atom is 0.407 e. The van der Waals surface area contributed by atoms with Crippen molar-refractivity contribution < 1.29 is 28.6 Å². The molecule has 3 aromatic carbocycles. The molecular weight excluding hydrogens is 484 g/mol. The monoisotopic (exact) mass is 514 g/mol. The van der Waals surface area contributed by atoms with Crippen LogP contribution in [0.4, 0.5) is 4.79 Å². The summed E-state index contributed by atoms with van der Waals surface area (Å²) in [6.45, 7) is 3.25. The van der Waals surface area contributed by atoms with Crippen LogP contribution >= 0.6 is 0 Å². The fourth-order valence-corrected chi connectivity index (χ4v) is 5.06. The van der Waals surface area contributed by atoms with Crippen LogP contribution in [0.3, 0.4) is 0 Å². The first-order valence-electron chi connectivity index (χ1n) is 12.6. The van der Waals surface area contributed by atoms with E-state index in [0.29, 0.717) is 0 Å². The Labute approximate surface area is 221 Å². The summed E-state index contributed by atoms with van der Waals surface area (Å²) in [6, 6.07) is 22.6. The summed E-state index contributed by atoms with van der Waals surface area (Å²) in [5.41, 5.74) is 5.48. The molecule has 38 heavy (non-hydrogen) atoms. The van der Waals surface area contributed by atoms with Gasteiger partial charge in [0.25, 0.3) is 0 Å². The van der Waals surface area contributed by atoms with E-state index >= 15 is 0 Å². The second kappa shape index (κ2) is 10.7. The van der Waals surface area contributed by atoms with Crippen LogP contribution in [0.5, 0.6) is 0 Å². The van der Waals surface area contributed by atoms with Crippen molar-refractivity contribution in [3.63, 3.8) is 0 Å². The molecule has 0 radical (unpaired) electrons. The summed E-state index contributed by atoms with van der Waals surface area (Å²) in [5, 5.41) is 2.51. The Balaban J connectivity index is 1.15. The standard InChI is InChI=1S/C30H30N2O6/c1-30(2)32(26(19-38-30)28(34)36-17-20-9-4-3-5-10-20)27(33)16-31-29(35)37-18-22-12-8-14-24-23-13-7-6-11-21(23)15-25(22)24/h3-14,26H,15-19H2,1-2H3,(H,31,35)/t26-/m0/s1. The van der Waals surface area contributed by atoms with Gasteiger partial charge in [-0.2, -0.15) is 0 Å². The molecule has 0 unspecified atom stereocenters. The molecule has 5 rings (SSSR count). The number of carbonyl (C=O) groups excluding carboxylic acids is 3. The van der Waals surface area contributed by atoms with Crippen LogP contribution in [-0.2, 0) is 43.4 Å². The van der Waals surface area contributed by atoms with Crippen molar-refractivity contribution in [1.29, 1.82) is 0 Å². The van der Waals surface area contributed by atoms with Crippen molar-refractivity contribution in [2.45, 2.75) is 45.2 Å². The number of amides is 2. The summed E-state index contributed by atoms with van der Waals surface area (Å²) in [7, 11) is 0. The summed E-state index contributed by atoms with van der Waals surface area (Å²) >= 11 is 0. The Bertz CT molecular complexity index is 1350. The smallest absolute Gasteiger partial charge is 0.407 e. The SMILES string of the molecule is CC1(C)OC[C@@H](C(=O)OCc2ccccc2)N1C(=O)CNC(=O)OCc1cccc2c1Cc1ccccc1-2. The summed E-state index contributed by atoms with van der Waals surface area (Å²) < 4.78 is 16.6. The number of benzene rings is 3. The van der Waals surface area contributed by atoms with Gasteiger partial charge in [-0.1, -0.05) is 72.8 Å². The molecule has 3 aromatic rings. The fourth-order valence-electron chi connectivity index (χ4n) is 5.06. The Kier molecular flexibility index (Phi) is 7.15. The van der Waals surface area contributed by atoms with Crippen LogP contribution in [0.2, 0.25) is 0 Å². The normalized spacial score (nSPS) is 16.9. The van der Waals surface area contributed by atoms with Gasteiger partial charge in [0.1, 0.15) is 25.5 Å². The Morgan fingerprint density at radius 2 is 1.66 bits per heavy atom. The maximum atomic E-state index is 13.1. The number of fused-ring (bicyclic) bond motifs is 3. The van der Waals surface area contributed by atoms with Crippen LogP contribution in [0.25, 0.3) is 11.1 Å². The number of rotatable bonds is 7. The van der Waals surface area contributed by atoms with Crippen LogP contribution in [0.15, 0.2) is 72.8 Å². The van der Waals surface area contributed by atoms with E-state index in [1.165, 1.54) is 16.0 Å². The first-order valence-corrected chi connectivity index (χ1v) is 12.6. The van der Waals surface area contributed by atoms with Gasteiger partial charge < -0.3 is 19.5 Å². The minimum Gasteiger partial charge on any atom is -0.459 e. The molecule has 1 atom stereocenters. The second-order valence-corrected chi connectivity index (χ2v) is 9.84. The van der Waals surface area contributed by atoms with Gasteiger partial charge in [-0.05, 0) is 53.6 Å². The number of esters is 1. The highest BCUT2D eigenvalue weighted by atomic mass is 16.6. The van der Waals surface area contributed by atoms with E-state index in [1.807, 2.05) is 54.6 Å². The number of alkyl carbamates (subject to hydrolysis) is 1. The predicted molar refractivity (Wildman–Crippen MR) is 140 cm³/mol. The molecule has 0 saturated carbocycles. The minimum atomic E-state index is -1.03. The Morgan fingerprint density at radius 3 is 2.47 bits per heavy atom. The summed E-state index contributed by atoms with van der Waals surface area (Å²) in [6.07, 6.45) is 0.0734. The van der Waals surface area contributed by atoms with E-state index in [4.69, 9.17) is 14.2 Å². The summed E-state index contributed by atoms with van der Waals surface area (Å²) in [4.78, 5) is 39.6. The predicted octanol–water partition coefficient (Wildman–Crippen LogP) is 4.19. The number of nitrogens with zero attached hydrogens (tertiary/aromatic N) is 1. The minimum absolute atomic E-state index is 0.0122. The average Bonchev–Trinajstić information content (AvgIpc) is 3.47. The van der Waals surface area contributed by atoms with Crippen molar-refractivity contribution in [1.82, 2.24) is 10.2 Å². The number of nitrogens with one attached hydrogen (secondary N) is 1. The van der Waals surface area contributed by atoms with Gasteiger partial charge in [0.05, 0.1) is 6.61 Å². The van der Waals surface area contributed by atoms with Crippen molar-refractivity contribution in [3.8, 4) is 11.1 Å². The first kappa shape index (κ1) is 25.5. The number of ether oxygens (including phenoxy) is 3. The van der Waals surface area contributed by atoms with E-state index in [0.717, 1.165) is 28.7 Å². The highest BCUT2D eigenvalue weighted by molar-refractivity contribution is 5.88. The average molecular weight is 515 g/mol.